The standard InChI is InChI=1S/C15H24N4O2S.2ClH/c1-15(2,9-16)10-18(3)13(21)7-11-8-22-14(17-11)19-6-4-5-12(19)20;;/h8H,4-7,9-10,16H2,1-3H3;2*1H. The lowest BCUT2D eigenvalue weighted by atomic mass is 9.93. The Balaban J connectivity index is 0.00000264. The molecule has 0 atom stereocenters. The molecule has 0 aliphatic carbocycles. The molecule has 2 heterocycles. The second kappa shape index (κ2) is 9.56. The molecule has 0 aromatic carbocycles. The summed E-state index contributed by atoms with van der Waals surface area (Å²) >= 11 is 1.43. The molecule has 2 N–H and O–H groups in total. The molecule has 1 aromatic rings. The van der Waals surface area contributed by atoms with Gasteiger partial charge >= 0.3 is 0 Å². The monoisotopic (exact) mass is 396 g/mol. The summed E-state index contributed by atoms with van der Waals surface area (Å²) in [5.41, 5.74) is 6.33. The van der Waals surface area contributed by atoms with Gasteiger partial charge in [-0.2, -0.15) is 0 Å². The number of halogens is 2. The maximum Gasteiger partial charge on any atom is 0.228 e. The van der Waals surface area contributed by atoms with Crippen molar-refractivity contribution in [2.45, 2.75) is 33.1 Å². The lowest BCUT2D eigenvalue weighted by Gasteiger charge is -2.28. The maximum absolute atomic E-state index is 12.3. The van der Waals surface area contributed by atoms with Gasteiger partial charge in [0.25, 0.3) is 0 Å². The number of carbonyl (C=O) groups is 2. The molecule has 1 saturated heterocycles. The molecule has 0 radical (unpaired) electrons. The lowest BCUT2D eigenvalue weighted by Crippen LogP contribution is -2.40. The van der Waals surface area contributed by atoms with Crippen molar-refractivity contribution in [3.05, 3.63) is 11.1 Å². The van der Waals surface area contributed by atoms with E-state index in [0.29, 0.717) is 24.6 Å². The number of nitrogens with zero attached hydrogens (tertiary/aromatic N) is 3. The molecule has 1 fully saturated rings. The van der Waals surface area contributed by atoms with Gasteiger partial charge in [0.05, 0.1) is 12.1 Å². The van der Waals surface area contributed by atoms with Crippen molar-refractivity contribution in [3.8, 4) is 0 Å². The highest BCUT2D eigenvalue weighted by atomic mass is 35.5. The number of nitrogens with two attached hydrogens (primary N) is 1. The molecule has 2 amide bonds. The zero-order valence-electron chi connectivity index (χ0n) is 14.3. The summed E-state index contributed by atoms with van der Waals surface area (Å²) in [6, 6.07) is 0. The van der Waals surface area contributed by atoms with Crippen LogP contribution in [0.2, 0.25) is 0 Å². The summed E-state index contributed by atoms with van der Waals surface area (Å²) in [5.74, 6) is 0.139. The molecular formula is C15H26Cl2N4O2S. The number of aromatic nitrogens is 1. The van der Waals surface area contributed by atoms with Gasteiger partial charge in [0.2, 0.25) is 11.8 Å². The molecule has 2 rings (SSSR count). The molecule has 24 heavy (non-hydrogen) atoms. The maximum atomic E-state index is 12.3. The second-order valence-corrected chi connectivity index (χ2v) is 7.40. The number of anilines is 1. The summed E-state index contributed by atoms with van der Waals surface area (Å²) in [4.78, 5) is 31.8. The van der Waals surface area contributed by atoms with Gasteiger partial charge in [-0.3, -0.25) is 14.5 Å². The Hall–Kier alpha value is -0.890. The highest BCUT2D eigenvalue weighted by molar-refractivity contribution is 7.14. The van der Waals surface area contributed by atoms with Crippen molar-refractivity contribution in [1.82, 2.24) is 9.88 Å². The SMILES string of the molecule is CN(CC(C)(C)CN)C(=O)Cc1csc(N2CCCC2=O)n1.Cl.Cl. The smallest absolute Gasteiger partial charge is 0.228 e. The zero-order valence-corrected chi connectivity index (χ0v) is 16.7. The largest absolute Gasteiger partial charge is 0.345 e. The van der Waals surface area contributed by atoms with Crippen LogP contribution in [0.15, 0.2) is 5.38 Å². The molecule has 138 valence electrons. The third-order valence-corrected chi connectivity index (χ3v) is 4.73. The van der Waals surface area contributed by atoms with Crippen molar-refractivity contribution in [1.29, 1.82) is 0 Å². The Labute approximate surface area is 159 Å². The quantitative estimate of drug-likeness (QED) is 0.797. The van der Waals surface area contributed by atoms with Crippen LogP contribution in [-0.2, 0) is 16.0 Å². The van der Waals surface area contributed by atoms with Gasteiger partial charge in [0.15, 0.2) is 5.13 Å². The first-order chi connectivity index (χ1) is 10.3. The van der Waals surface area contributed by atoms with Gasteiger partial charge in [0, 0.05) is 31.9 Å². The fourth-order valence-corrected chi connectivity index (χ4v) is 3.30. The first kappa shape index (κ1) is 23.1. The normalized spacial score (nSPS) is 14.2. The predicted octanol–water partition coefficient (Wildman–Crippen LogP) is 2.10. The van der Waals surface area contributed by atoms with Crippen LogP contribution in [0.5, 0.6) is 0 Å². The van der Waals surface area contributed by atoms with Gasteiger partial charge in [-0.25, -0.2) is 4.98 Å². The molecule has 1 aromatic heterocycles. The molecule has 0 spiro atoms. The molecule has 0 unspecified atom stereocenters. The third-order valence-electron chi connectivity index (χ3n) is 3.82. The molecule has 1 aliphatic rings. The van der Waals surface area contributed by atoms with E-state index in [1.54, 1.807) is 16.8 Å². The average Bonchev–Trinajstić information content (AvgIpc) is 3.07. The molecular weight excluding hydrogens is 371 g/mol. The van der Waals surface area contributed by atoms with Crippen molar-refractivity contribution in [2.75, 3.05) is 31.6 Å². The van der Waals surface area contributed by atoms with Crippen molar-refractivity contribution >= 4 is 53.1 Å². The van der Waals surface area contributed by atoms with E-state index in [-0.39, 0.29) is 48.5 Å². The summed E-state index contributed by atoms with van der Waals surface area (Å²) in [6.07, 6.45) is 1.73. The predicted molar refractivity (Wildman–Crippen MR) is 102 cm³/mol. The van der Waals surface area contributed by atoms with Crippen LogP contribution in [0.1, 0.15) is 32.4 Å². The Morgan fingerprint density at radius 3 is 2.67 bits per heavy atom. The first-order valence-corrected chi connectivity index (χ1v) is 8.39. The van der Waals surface area contributed by atoms with Crippen LogP contribution < -0.4 is 10.6 Å². The van der Waals surface area contributed by atoms with E-state index in [4.69, 9.17) is 5.73 Å². The summed E-state index contributed by atoms with van der Waals surface area (Å²) < 4.78 is 0. The Kier molecular flexibility index (Phi) is 9.20. The Morgan fingerprint density at radius 1 is 1.46 bits per heavy atom. The number of amides is 2. The van der Waals surface area contributed by atoms with E-state index in [2.05, 4.69) is 4.98 Å². The number of rotatable bonds is 6. The van der Waals surface area contributed by atoms with Gasteiger partial charge in [-0.1, -0.05) is 13.8 Å². The zero-order chi connectivity index (χ0) is 16.3. The van der Waals surface area contributed by atoms with Crippen LogP contribution in [0.4, 0.5) is 5.13 Å². The minimum Gasteiger partial charge on any atom is -0.345 e. The highest BCUT2D eigenvalue weighted by Gasteiger charge is 2.25. The van der Waals surface area contributed by atoms with Crippen molar-refractivity contribution in [2.24, 2.45) is 11.1 Å². The minimum absolute atomic E-state index is 0. The fourth-order valence-electron chi connectivity index (χ4n) is 2.44. The second-order valence-electron chi connectivity index (χ2n) is 6.57. The number of hydrogen-bond donors (Lipinski definition) is 1. The highest BCUT2D eigenvalue weighted by Crippen LogP contribution is 2.25. The average molecular weight is 397 g/mol. The van der Waals surface area contributed by atoms with Crippen LogP contribution >= 0.6 is 36.2 Å². The number of carbonyl (C=O) groups excluding carboxylic acids is 2. The minimum atomic E-state index is -0.0976. The first-order valence-electron chi connectivity index (χ1n) is 7.51. The molecule has 1 aliphatic heterocycles. The number of hydrogen-bond acceptors (Lipinski definition) is 5. The van der Waals surface area contributed by atoms with Crippen molar-refractivity contribution < 1.29 is 9.59 Å². The topological polar surface area (TPSA) is 79.5 Å². The van der Waals surface area contributed by atoms with Crippen molar-refractivity contribution in [3.63, 3.8) is 0 Å². The van der Waals surface area contributed by atoms with Crippen LogP contribution in [-0.4, -0.2) is 48.4 Å². The van der Waals surface area contributed by atoms with E-state index in [0.717, 1.165) is 18.7 Å². The van der Waals surface area contributed by atoms with Gasteiger partial charge in [-0.15, -0.1) is 36.2 Å². The van der Waals surface area contributed by atoms with E-state index >= 15 is 0 Å². The van der Waals surface area contributed by atoms with E-state index < -0.39 is 0 Å². The Morgan fingerprint density at radius 2 is 2.12 bits per heavy atom. The summed E-state index contributed by atoms with van der Waals surface area (Å²) in [7, 11) is 1.79. The number of likely N-dealkylation sites (N-methyl/N-ethyl adjacent to an activating group) is 1. The van der Waals surface area contributed by atoms with E-state index in [9.17, 15) is 9.59 Å². The van der Waals surface area contributed by atoms with Gasteiger partial charge < -0.3 is 10.6 Å². The van der Waals surface area contributed by atoms with E-state index in [1.807, 2.05) is 19.2 Å². The molecule has 9 heteroatoms. The van der Waals surface area contributed by atoms with Crippen LogP contribution in [0.25, 0.3) is 0 Å². The lowest BCUT2D eigenvalue weighted by molar-refractivity contribution is -0.130. The number of thiazole rings is 1. The van der Waals surface area contributed by atoms with E-state index in [1.165, 1.54) is 11.3 Å². The Bertz CT molecular complexity index is 565. The molecule has 0 bridgehead atoms. The van der Waals surface area contributed by atoms with Crippen LogP contribution in [0.3, 0.4) is 0 Å². The summed E-state index contributed by atoms with van der Waals surface area (Å²) in [6.45, 7) is 5.95. The van der Waals surface area contributed by atoms with Gasteiger partial charge in [0.1, 0.15) is 0 Å². The molecule has 6 nitrogen and oxygen atoms in total. The fraction of sp³-hybridized carbons (Fsp3) is 0.667. The molecule has 0 saturated carbocycles. The third kappa shape index (κ3) is 5.88. The van der Waals surface area contributed by atoms with Crippen LogP contribution in [0, 0.1) is 5.41 Å². The van der Waals surface area contributed by atoms with Gasteiger partial charge in [-0.05, 0) is 18.4 Å². The summed E-state index contributed by atoms with van der Waals surface area (Å²) in [5, 5.41) is 2.57.